The number of ether oxygens (including phenoxy) is 1. The van der Waals surface area contributed by atoms with Crippen LogP contribution in [-0.2, 0) is 9.53 Å². The molecule has 5 nitrogen and oxygen atoms in total. The molecule has 1 aliphatic rings. The molecule has 1 saturated heterocycles. The summed E-state index contributed by atoms with van der Waals surface area (Å²) < 4.78 is 5.26. The van der Waals surface area contributed by atoms with Crippen LogP contribution in [0, 0.1) is 6.92 Å². The van der Waals surface area contributed by atoms with Crippen LogP contribution in [0.4, 0.5) is 0 Å². The van der Waals surface area contributed by atoms with E-state index in [1.54, 1.807) is 5.38 Å². The summed E-state index contributed by atoms with van der Waals surface area (Å²) in [4.78, 5) is 25.4. The van der Waals surface area contributed by atoms with Crippen molar-refractivity contribution in [3.8, 4) is 0 Å². The predicted octanol–water partition coefficient (Wildman–Crippen LogP) is 2.42. The summed E-state index contributed by atoms with van der Waals surface area (Å²) in [5.41, 5.74) is 0.835. The molecule has 2 heterocycles. The van der Waals surface area contributed by atoms with Gasteiger partial charge in [-0.2, -0.15) is 0 Å². The zero-order valence-electron chi connectivity index (χ0n) is 11.1. The first-order valence-corrected chi connectivity index (χ1v) is 7.60. The van der Waals surface area contributed by atoms with E-state index in [0.29, 0.717) is 36.0 Å². The van der Waals surface area contributed by atoms with E-state index in [9.17, 15) is 9.59 Å². The summed E-state index contributed by atoms with van der Waals surface area (Å²) in [5.74, 6) is -1.32. The Hall–Kier alpha value is -1.11. The van der Waals surface area contributed by atoms with E-state index in [2.05, 4.69) is 0 Å². The lowest BCUT2D eigenvalue weighted by molar-refractivity contribution is -0.138. The SMILES string of the molecule is Cc1csc(C(=O)N(CC(=O)O)C2CCOCC2)c1Cl. The zero-order valence-corrected chi connectivity index (χ0v) is 12.7. The van der Waals surface area contributed by atoms with Gasteiger partial charge in [-0.15, -0.1) is 11.3 Å². The maximum Gasteiger partial charge on any atom is 0.323 e. The van der Waals surface area contributed by atoms with Crippen LogP contribution >= 0.6 is 22.9 Å². The standard InChI is InChI=1S/C13H16ClNO4S/c1-8-7-20-12(11(8)14)13(18)15(6-10(16)17)9-2-4-19-5-3-9/h7,9H,2-6H2,1H3,(H,16,17). The summed E-state index contributed by atoms with van der Waals surface area (Å²) >= 11 is 7.37. The van der Waals surface area contributed by atoms with E-state index >= 15 is 0 Å². The largest absolute Gasteiger partial charge is 0.480 e. The van der Waals surface area contributed by atoms with Crippen LogP contribution in [0.5, 0.6) is 0 Å². The second-order valence-corrected chi connectivity index (χ2v) is 5.99. The van der Waals surface area contributed by atoms with Gasteiger partial charge in [-0.25, -0.2) is 0 Å². The van der Waals surface area contributed by atoms with Gasteiger partial charge in [-0.3, -0.25) is 9.59 Å². The smallest absolute Gasteiger partial charge is 0.323 e. The van der Waals surface area contributed by atoms with Crippen LogP contribution in [0.25, 0.3) is 0 Å². The topological polar surface area (TPSA) is 66.8 Å². The van der Waals surface area contributed by atoms with Gasteiger partial charge in [0.1, 0.15) is 11.4 Å². The third-order valence-corrected chi connectivity index (χ3v) is 4.98. The maximum absolute atomic E-state index is 12.6. The second-order valence-electron chi connectivity index (χ2n) is 4.73. The summed E-state index contributed by atoms with van der Waals surface area (Å²) in [6, 6.07) is -0.106. The number of hydrogen-bond acceptors (Lipinski definition) is 4. The molecule has 0 atom stereocenters. The van der Waals surface area contributed by atoms with Crippen molar-refractivity contribution in [3.63, 3.8) is 0 Å². The Bertz CT molecular complexity index is 510. The number of amides is 1. The third-order valence-electron chi connectivity index (χ3n) is 3.29. The number of rotatable bonds is 4. The minimum absolute atomic E-state index is 0.106. The number of carbonyl (C=O) groups is 2. The molecule has 0 saturated carbocycles. The van der Waals surface area contributed by atoms with E-state index < -0.39 is 5.97 Å². The Kier molecular flexibility index (Phi) is 5.01. The average Bonchev–Trinajstić information content (AvgIpc) is 2.76. The quantitative estimate of drug-likeness (QED) is 0.926. The number of carbonyl (C=O) groups excluding carboxylic acids is 1. The first-order valence-electron chi connectivity index (χ1n) is 6.34. The lowest BCUT2D eigenvalue weighted by atomic mass is 10.1. The van der Waals surface area contributed by atoms with Gasteiger partial charge in [0.15, 0.2) is 0 Å². The summed E-state index contributed by atoms with van der Waals surface area (Å²) in [5, 5.41) is 11.3. The molecule has 0 unspecified atom stereocenters. The minimum atomic E-state index is -1.02. The zero-order chi connectivity index (χ0) is 14.7. The minimum Gasteiger partial charge on any atom is -0.480 e. The normalized spacial score (nSPS) is 16.1. The van der Waals surface area contributed by atoms with Crippen molar-refractivity contribution >= 4 is 34.8 Å². The molecule has 0 spiro atoms. The molecule has 1 aromatic rings. The van der Waals surface area contributed by atoms with Gasteiger partial charge in [0, 0.05) is 19.3 Å². The lowest BCUT2D eigenvalue weighted by Gasteiger charge is -2.33. The van der Waals surface area contributed by atoms with E-state index in [1.807, 2.05) is 6.92 Å². The van der Waals surface area contributed by atoms with Crippen molar-refractivity contribution in [1.82, 2.24) is 4.90 Å². The molecule has 1 amide bonds. The Labute approximate surface area is 126 Å². The van der Waals surface area contributed by atoms with Gasteiger partial charge < -0.3 is 14.7 Å². The van der Waals surface area contributed by atoms with E-state index in [4.69, 9.17) is 21.4 Å². The van der Waals surface area contributed by atoms with Gasteiger partial charge in [0.05, 0.1) is 5.02 Å². The molecular formula is C13H16ClNO4S. The van der Waals surface area contributed by atoms with Crippen molar-refractivity contribution in [2.75, 3.05) is 19.8 Å². The summed E-state index contributed by atoms with van der Waals surface area (Å²) in [7, 11) is 0. The molecule has 2 rings (SSSR count). The number of hydrogen-bond donors (Lipinski definition) is 1. The monoisotopic (exact) mass is 317 g/mol. The fourth-order valence-corrected chi connectivity index (χ4v) is 3.44. The Morgan fingerprint density at radius 2 is 2.15 bits per heavy atom. The fraction of sp³-hybridized carbons (Fsp3) is 0.538. The maximum atomic E-state index is 12.6. The number of carboxylic acids is 1. The Balaban J connectivity index is 2.23. The van der Waals surface area contributed by atoms with Crippen LogP contribution < -0.4 is 0 Å². The first kappa shape index (κ1) is 15.3. The number of aryl methyl sites for hydroxylation is 1. The summed E-state index contributed by atoms with van der Waals surface area (Å²) in [6.07, 6.45) is 1.31. The Morgan fingerprint density at radius 3 is 2.65 bits per heavy atom. The molecule has 20 heavy (non-hydrogen) atoms. The van der Waals surface area contributed by atoms with Crippen molar-refractivity contribution in [3.05, 3.63) is 20.8 Å². The van der Waals surface area contributed by atoms with Gasteiger partial charge in [-0.1, -0.05) is 11.6 Å². The van der Waals surface area contributed by atoms with Crippen LogP contribution in [0.3, 0.4) is 0 Å². The molecule has 1 N–H and O–H groups in total. The molecule has 7 heteroatoms. The van der Waals surface area contributed by atoms with Gasteiger partial charge >= 0.3 is 5.97 Å². The lowest BCUT2D eigenvalue weighted by Crippen LogP contribution is -2.45. The molecule has 110 valence electrons. The molecule has 0 aromatic carbocycles. The van der Waals surface area contributed by atoms with Crippen LogP contribution in [0.15, 0.2) is 5.38 Å². The molecule has 1 aromatic heterocycles. The number of carboxylic acid groups (broad SMARTS) is 1. The number of halogens is 1. The van der Waals surface area contributed by atoms with Gasteiger partial charge in [-0.05, 0) is 30.7 Å². The van der Waals surface area contributed by atoms with Crippen LogP contribution in [0.2, 0.25) is 5.02 Å². The molecule has 0 aliphatic carbocycles. The van der Waals surface area contributed by atoms with E-state index in [-0.39, 0.29) is 18.5 Å². The van der Waals surface area contributed by atoms with Gasteiger partial charge in [0.25, 0.3) is 5.91 Å². The van der Waals surface area contributed by atoms with Crippen molar-refractivity contribution in [2.45, 2.75) is 25.8 Å². The second kappa shape index (κ2) is 6.56. The first-order chi connectivity index (χ1) is 9.50. The number of thiophene rings is 1. The van der Waals surface area contributed by atoms with Crippen molar-refractivity contribution in [1.29, 1.82) is 0 Å². The highest BCUT2D eigenvalue weighted by molar-refractivity contribution is 7.13. The highest BCUT2D eigenvalue weighted by Gasteiger charge is 2.30. The summed E-state index contributed by atoms with van der Waals surface area (Å²) in [6.45, 7) is 2.61. The fourth-order valence-electron chi connectivity index (χ4n) is 2.21. The molecule has 1 fully saturated rings. The van der Waals surface area contributed by atoms with Gasteiger partial charge in [0.2, 0.25) is 0 Å². The molecular weight excluding hydrogens is 302 g/mol. The van der Waals surface area contributed by atoms with Crippen molar-refractivity contribution < 1.29 is 19.4 Å². The Morgan fingerprint density at radius 1 is 1.50 bits per heavy atom. The predicted molar refractivity (Wildman–Crippen MR) is 76.6 cm³/mol. The molecule has 0 radical (unpaired) electrons. The number of aliphatic carboxylic acids is 1. The third kappa shape index (κ3) is 3.31. The highest BCUT2D eigenvalue weighted by atomic mass is 35.5. The molecule has 1 aliphatic heterocycles. The highest BCUT2D eigenvalue weighted by Crippen LogP contribution is 2.29. The number of nitrogens with zero attached hydrogens (tertiary/aromatic N) is 1. The van der Waals surface area contributed by atoms with E-state index in [0.717, 1.165) is 5.56 Å². The van der Waals surface area contributed by atoms with E-state index in [1.165, 1.54) is 16.2 Å². The average molecular weight is 318 g/mol. The molecule has 0 bridgehead atoms. The van der Waals surface area contributed by atoms with Crippen LogP contribution in [-0.4, -0.2) is 47.7 Å². The van der Waals surface area contributed by atoms with Crippen LogP contribution in [0.1, 0.15) is 28.1 Å². The van der Waals surface area contributed by atoms with Crippen molar-refractivity contribution in [2.24, 2.45) is 0 Å².